The smallest absolute Gasteiger partial charge is 0.301 e. The molecular weight excluding hydrogens is 309 g/mol. The van der Waals surface area contributed by atoms with E-state index in [2.05, 4.69) is 4.98 Å². The van der Waals surface area contributed by atoms with Crippen LogP contribution in [0.5, 0.6) is 0 Å². The normalized spacial score (nSPS) is 16.5. The zero-order valence-corrected chi connectivity index (χ0v) is 11.8. The number of H-pyrrole nitrogens is 1. The maximum Gasteiger partial charge on any atom is 0.431 e. The first-order chi connectivity index (χ1) is 10.8. The third-order valence-electron chi connectivity index (χ3n) is 3.52. The van der Waals surface area contributed by atoms with E-state index in [1.165, 1.54) is 0 Å². The Bertz CT molecular complexity index is 852. The maximum absolute atomic E-state index is 13.1. The minimum absolute atomic E-state index is 0.0460. The van der Waals surface area contributed by atoms with Gasteiger partial charge in [-0.25, -0.2) is 4.79 Å². The minimum atomic E-state index is -4.75. The number of halogens is 3. The van der Waals surface area contributed by atoms with Crippen molar-refractivity contribution in [2.45, 2.75) is 19.0 Å². The zero-order chi connectivity index (χ0) is 16.6. The molecule has 118 valence electrons. The maximum atomic E-state index is 13.1. The highest BCUT2D eigenvalue weighted by Crippen LogP contribution is 2.36. The molecule has 1 aromatic heterocycles. The van der Waals surface area contributed by atoms with Gasteiger partial charge in [0.05, 0.1) is 5.69 Å². The number of alkyl halides is 3. The third-order valence-corrected chi connectivity index (χ3v) is 3.52. The van der Waals surface area contributed by atoms with E-state index in [4.69, 9.17) is 0 Å². The molecule has 1 heterocycles. The second-order valence-electron chi connectivity index (χ2n) is 5.21. The van der Waals surface area contributed by atoms with Crippen molar-refractivity contribution in [3.05, 3.63) is 63.3 Å². The fourth-order valence-electron chi connectivity index (χ4n) is 2.60. The van der Waals surface area contributed by atoms with Gasteiger partial charge in [0.15, 0.2) is 0 Å². The molecule has 0 aliphatic heterocycles. The Morgan fingerprint density at radius 1 is 1.09 bits per heavy atom. The molecule has 0 saturated heterocycles. The molecule has 1 aromatic carbocycles. The number of fused-ring (bicyclic) bond motifs is 1. The summed E-state index contributed by atoms with van der Waals surface area (Å²) < 4.78 is 39.3. The Balaban J connectivity index is 2.23. The molecule has 0 fully saturated rings. The molecule has 0 atom stereocenters. The Hall–Kier alpha value is -2.70. The number of benzene rings is 1. The molecule has 1 N–H and O–H groups in total. The summed E-state index contributed by atoms with van der Waals surface area (Å²) in [5.41, 5.74) is -1.55. The topological polar surface area (TPSA) is 62.8 Å². The van der Waals surface area contributed by atoms with Gasteiger partial charge in [0.25, 0.3) is 0 Å². The highest BCUT2D eigenvalue weighted by molar-refractivity contribution is 6.00. The molecular formula is C16H11F3N2O2. The van der Waals surface area contributed by atoms with Crippen LogP contribution in [0.2, 0.25) is 0 Å². The number of rotatable bonds is 1. The summed E-state index contributed by atoms with van der Waals surface area (Å²) in [4.78, 5) is 28.7. The van der Waals surface area contributed by atoms with Crippen molar-refractivity contribution in [2.24, 2.45) is 0 Å². The lowest BCUT2D eigenvalue weighted by Gasteiger charge is -2.20. The van der Waals surface area contributed by atoms with Crippen LogP contribution in [-0.2, 0) is 17.4 Å². The average molecular weight is 320 g/mol. The first kappa shape index (κ1) is 15.2. The van der Waals surface area contributed by atoms with Gasteiger partial charge >= 0.3 is 11.9 Å². The highest BCUT2D eigenvalue weighted by atomic mass is 19.4. The molecule has 0 spiro atoms. The van der Waals surface area contributed by atoms with Crippen LogP contribution in [0, 0.1) is 0 Å². The number of carbonyl (C=O) groups excluding carboxylic acids is 1. The van der Waals surface area contributed by atoms with Gasteiger partial charge in [-0.05, 0) is 17.2 Å². The number of ketones is 1. The van der Waals surface area contributed by atoms with Crippen molar-refractivity contribution < 1.29 is 18.0 Å². The zero-order valence-electron chi connectivity index (χ0n) is 11.8. The number of aromatic amines is 1. The van der Waals surface area contributed by atoms with E-state index < -0.39 is 17.6 Å². The Morgan fingerprint density at radius 2 is 1.78 bits per heavy atom. The quantitative estimate of drug-likeness (QED) is 0.879. The average Bonchev–Trinajstić information content (AvgIpc) is 2.47. The first-order valence-corrected chi connectivity index (χ1v) is 6.82. The van der Waals surface area contributed by atoms with Gasteiger partial charge in [0, 0.05) is 18.4 Å². The summed E-state index contributed by atoms with van der Waals surface area (Å²) in [7, 11) is 0. The summed E-state index contributed by atoms with van der Waals surface area (Å²) in [6.07, 6.45) is -3.60. The monoisotopic (exact) mass is 320 g/mol. The number of nitrogens with zero attached hydrogens (tertiary/aromatic N) is 1. The van der Waals surface area contributed by atoms with Gasteiger partial charge in [-0.1, -0.05) is 30.3 Å². The van der Waals surface area contributed by atoms with Gasteiger partial charge in [-0.3, -0.25) is 4.79 Å². The first-order valence-electron chi connectivity index (χ1n) is 6.82. The van der Waals surface area contributed by atoms with Crippen molar-refractivity contribution in [3.8, 4) is 0 Å². The fraction of sp³-hybridized carbons (Fsp3) is 0.188. The number of hydrogen-bond donors (Lipinski definition) is 1. The Kier molecular flexibility index (Phi) is 3.63. The van der Waals surface area contributed by atoms with Crippen LogP contribution in [0.25, 0.3) is 11.6 Å². The van der Waals surface area contributed by atoms with E-state index in [1.54, 1.807) is 41.4 Å². The van der Waals surface area contributed by atoms with Gasteiger partial charge in [-0.2, -0.15) is 18.2 Å². The predicted molar refractivity (Wildman–Crippen MR) is 77.5 cm³/mol. The Morgan fingerprint density at radius 3 is 2.43 bits per heavy atom. The number of allylic oxidation sites excluding steroid dienone is 1. The number of hydrogen-bond acceptors (Lipinski definition) is 3. The van der Waals surface area contributed by atoms with Crippen LogP contribution < -0.4 is 5.69 Å². The molecule has 0 bridgehead atoms. The van der Waals surface area contributed by atoms with E-state index in [1.807, 2.05) is 0 Å². The van der Waals surface area contributed by atoms with Crippen molar-refractivity contribution in [2.75, 3.05) is 0 Å². The molecule has 0 radical (unpaired) electrons. The summed E-state index contributed by atoms with van der Waals surface area (Å²) in [5.74, 6) is -0.348. The predicted octanol–water partition coefficient (Wildman–Crippen LogP) is 2.84. The van der Waals surface area contributed by atoms with Crippen LogP contribution in [0.15, 0.2) is 35.1 Å². The molecule has 2 aromatic rings. The van der Waals surface area contributed by atoms with Crippen molar-refractivity contribution >= 4 is 17.4 Å². The minimum Gasteiger partial charge on any atom is -0.301 e. The van der Waals surface area contributed by atoms with Crippen molar-refractivity contribution in [3.63, 3.8) is 0 Å². The molecule has 1 aliphatic carbocycles. The second-order valence-corrected chi connectivity index (χ2v) is 5.21. The summed E-state index contributed by atoms with van der Waals surface area (Å²) in [6, 6.07) is 8.84. The van der Waals surface area contributed by atoms with E-state index in [0.29, 0.717) is 5.57 Å². The lowest BCUT2D eigenvalue weighted by molar-refractivity contribution is -0.142. The Labute approximate surface area is 128 Å². The third kappa shape index (κ3) is 3.08. The van der Waals surface area contributed by atoms with E-state index in [0.717, 1.165) is 5.56 Å². The lowest BCUT2D eigenvalue weighted by Crippen LogP contribution is -2.28. The van der Waals surface area contributed by atoms with E-state index in [9.17, 15) is 22.8 Å². The van der Waals surface area contributed by atoms with Crippen LogP contribution in [0.4, 0.5) is 13.2 Å². The van der Waals surface area contributed by atoms with Gasteiger partial charge in [0.2, 0.25) is 0 Å². The van der Waals surface area contributed by atoms with Gasteiger partial charge in [-0.15, -0.1) is 0 Å². The van der Waals surface area contributed by atoms with Crippen LogP contribution in [0.1, 0.15) is 28.9 Å². The van der Waals surface area contributed by atoms with Crippen molar-refractivity contribution in [1.82, 2.24) is 9.97 Å². The van der Waals surface area contributed by atoms with Gasteiger partial charge < -0.3 is 4.98 Å². The number of aromatic nitrogens is 2. The van der Waals surface area contributed by atoms with Crippen LogP contribution >= 0.6 is 0 Å². The number of Topliss-reactive ketones (excluding diaryl/α,β-unsaturated/α-hetero) is 1. The molecule has 0 saturated carbocycles. The fourth-order valence-corrected chi connectivity index (χ4v) is 2.60. The number of carbonyl (C=O) groups is 1. The van der Waals surface area contributed by atoms with E-state index in [-0.39, 0.29) is 29.9 Å². The number of nitrogens with one attached hydrogen (secondary N) is 1. The van der Waals surface area contributed by atoms with Crippen LogP contribution in [0.3, 0.4) is 0 Å². The molecule has 0 unspecified atom stereocenters. The molecule has 23 heavy (non-hydrogen) atoms. The molecule has 1 aliphatic rings. The van der Waals surface area contributed by atoms with Crippen LogP contribution in [-0.4, -0.2) is 15.8 Å². The second kappa shape index (κ2) is 5.49. The standard InChI is InChI=1S/C16H11F3N2O2/c17-16(18,19)14-12-8-11(22)7-10(13(12)20-15(23)21-14)6-9-4-2-1-3-5-9/h1-6H,7-8H2,(H,20,21,23)/b10-6+. The summed E-state index contributed by atoms with van der Waals surface area (Å²) in [6.45, 7) is 0. The highest BCUT2D eigenvalue weighted by Gasteiger charge is 2.38. The summed E-state index contributed by atoms with van der Waals surface area (Å²) >= 11 is 0. The molecule has 3 rings (SSSR count). The van der Waals surface area contributed by atoms with Crippen molar-refractivity contribution in [1.29, 1.82) is 0 Å². The van der Waals surface area contributed by atoms with Gasteiger partial charge in [0.1, 0.15) is 11.5 Å². The largest absolute Gasteiger partial charge is 0.431 e. The summed E-state index contributed by atoms with van der Waals surface area (Å²) in [5, 5.41) is 0. The van der Waals surface area contributed by atoms with E-state index >= 15 is 0 Å². The molecule has 4 nitrogen and oxygen atoms in total. The lowest BCUT2D eigenvalue weighted by atomic mass is 9.88. The SMILES string of the molecule is O=C1C/C(=C\c2ccccc2)c2nc(=O)[nH]c(C(F)(F)F)c2C1. The molecule has 0 amide bonds. The molecule has 7 heteroatoms.